The lowest BCUT2D eigenvalue weighted by Gasteiger charge is -2.29. The molecule has 5 nitrogen and oxygen atoms in total. The molecule has 4 aromatic rings. The van der Waals surface area contributed by atoms with Crippen LogP contribution in [-0.2, 0) is 0 Å². The zero-order valence-electron chi connectivity index (χ0n) is 16.1. The van der Waals surface area contributed by atoms with E-state index in [2.05, 4.69) is 74.7 Å². The van der Waals surface area contributed by atoms with Crippen molar-refractivity contribution in [2.75, 3.05) is 32.0 Å². The number of anilines is 1. The number of benzene rings is 2. The van der Waals surface area contributed by atoms with Gasteiger partial charge in [0.05, 0.1) is 28.6 Å². The summed E-state index contributed by atoms with van der Waals surface area (Å²) in [5.41, 5.74) is 6.41. The van der Waals surface area contributed by atoms with Crippen LogP contribution >= 0.6 is 0 Å². The van der Waals surface area contributed by atoms with Gasteiger partial charge in [0, 0.05) is 24.2 Å². The fourth-order valence-electron chi connectivity index (χ4n) is 4.04. The fraction of sp³-hybridized carbons (Fsp3) is 0.304. The summed E-state index contributed by atoms with van der Waals surface area (Å²) in [5, 5.41) is 4.77. The molecule has 1 saturated heterocycles. The third kappa shape index (κ3) is 3.34. The minimum absolute atomic E-state index is 0.720. The van der Waals surface area contributed by atoms with Gasteiger partial charge in [-0.2, -0.15) is 0 Å². The summed E-state index contributed by atoms with van der Waals surface area (Å²) in [6, 6.07) is 16.1. The first-order chi connectivity index (χ1) is 13.8. The van der Waals surface area contributed by atoms with Crippen molar-refractivity contribution in [3.8, 4) is 11.1 Å². The molecule has 3 heterocycles. The third-order valence-electron chi connectivity index (χ3n) is 5.84. The molecule has 0 unspecified atom stereocenters. The summed E-state index contributed by atoms with van der Waals surface area (Å²) in [7, 11) is 2.20. The molecule has 2 aromatic heterocycles. The number of rotatable bonds is 4. The second kappa shape index (κ2) is 7.24. The van der Waals surface area contributed by atoms with Gasteiger partial charge in [-0.3, -0.25) is 4.98 Å². The van der Waals surface area contributed by atoms with Crippen LogP contribution in [0.3, 0.4) is 0 Å². The predicted octanol–water partition coefficient (Wildman–Crippen LogP) is 4.33. The van der Waals surface area contributed by atoms with E-state index in [1.807, 2.05) is 0 Å². The van der Waals surface area contributed by atoms with Crippen molar-refractivity contribution in [3.63, 3.8) is 0 Å². The topological polar surface area (TPSA) is 56.8 Å². The molecule has 2 N–H and O–H groups in total. The van der Waals surface area contributed by atoms with Crippen LogP contribution in [0.2, 0.25) is 0 Å². The van der Waals surface area contributed by atoms with Crippen LogP contribution in [0.25, 0.3) is 33.1 Å². The molecule has 1 aliphatic rings. The Morgan fingerprint density at radius 3 is 2.79 bits per heavy atom. The minimum atomic E-state index is 0.720. The standard InChI is InChI=1S/C23H24N5/c1-28-10-7-16(8-11-28)14-25-21-6-9-24-20-4-2-17(12-19(20)21)18-3-5-22-23(13-18)27-15-26-22/h2-5,9,12-13,15-16H,7-8,10-11,14H2,1H3,(H,24,25)(H,26,27). The van der Waals surface area contributed by atoms with Gasteiger partial charge in [-0.1, -0.05) is 12.1 Å². The van der Waals surface area contributed by atoms with Gasteiger partial charge in [-0.05, 0) is 74.3 Å². The number of fused-ring (bicyclic) bond motifs is 2. The molecule has 0 aliphatic carbocycles. The number of pyridine rings is 1. The highest BCUT2D eigenvalue weighted by atomic mass is 15.1. The number of H-pyrrole nitrogens is 1. The van der Waals surface area contributed by atoms with Gasteiger partial charge in [-0.15, -0.1) is 0 Å². The zero-order valence-corrected chi connectivity index (χ0v) is 16.1. The number of nitrogens with zero attached hydrogens (tertiary/aromatic N) is 3. The van der Waals surface area contributed by atoms with Gasteiger partial charge in [-0.25, -0.2) is 4.98 Å². The van der Waals surface area contributed by atoms with E-state index in [1.165, 1.54) is 31.5 Å². The van der Waals surface area contributed by atoms with E-state index in [0.29, 0.717) is 0 Å². The SMILES string of the molecule is CN1CCC(CNc2[c]cnc3ccc(-c4ccc5[nH]cnc5c4)cc23)CC1. The van der Waals surface area contributed by atoms with Gasteiger partial charge in [0.15, 0.2) is 0 Å². The van der Waals surface area contributed by atoms with Gasteiger partial charge >= 0.3 is 0 Å². The third-order valence-corrected chi connectivity index (χ3v) is 5.84. The van der Waals surface area contributed by atoms with E-state index in [-0.39, 0.29) is 0 Å². The highest BCUT2D eigenvalue weighted by Gasteiger charge is 2.16. The van der Waals surface area contributed by atoms with Gasteiger partial charge in [0.2, 0.25) is 0 Å². The summed E-state index contributed by atoms with van der Waals surface area (Å²) in [5.74, 6) is 0.720. The van der Waals surface area contributed by atoms with E-state index in [9.17, 15) is 0 Å². The number of piperidine rings is 1. The summed E-state index contributed by atoms with van der Waals surface area (Å²) < 4.78 is 0. The van der Waals surface area contributed by atoms with Gasteiger partial charge in [0.1, 0.15) is 0 Å². The van der Waals surface area contributed by atoms with E-state index < -0.39 is 0 Å². The minimum Gasteiger partial charge on any atom is -0.384 e. The van der Waals surface area contributed by atoms with Crippen molar-refractivity contribution < 1.29 is 0 Å². The van der Waals surface area contributed by atoms with Crippen LogP contribution in [0.5, 0.6) is 0 Å². The molecule has 141 valence electrons. The average molecular weight is 370 g/mol. The zero-order chi connectivity index (χ0) is 18.9. The number of hydrogen-bond acceptors (Lipinski definition) is 4. The highest BCUT2D eigenvalue weighted by molar-refractivity contribution is 5.94. The van der Waals surface area contributed by atoms with Crippen LogP contribution in [0, 0.1) is 12.0 Å². The lowest BCUT2D eigenvalue weighted by molar-refractivity contribution is 0.226. The number of aromatic nitrogens is 3. The second-order valence-electron chi connectivity index (χ2n) is 7.77. The summed E-state index contributed by atoms with van der Waals surface area (Å²) in [6.07, 6.45) is 6.01. The Kier molecular flexibility index (Phi) is 4.45. The first kappa shape index (κ1) is 17.2. The van der Waals surface area contributed by atoms with Crippen molar-refractivity contribution in [3.05, 3.63) is 55.0 Å². The Hall–Kier alpha value is -2.92. The van der Waals surface area contributed by atoms with Crippen molar-refractivity contribution in [1.82, 2.24) is 19.9 Å². The summed E-state index contributed by atoms with van der Waals surface area (Å²) in [4.78, 5) is 14.4. The maximum absolute atomic E-state index is 4.50. The number of nitrogens with one attached hydrogen (secondary N) is 2. The molecule has 5 heteroatoms. The fourth-order valence-corrected chi connectivity index (χ4v) is 4.04. The molecule has 2 aromatic carbocycles. The highest BCUT2D eigenvalue weighted by Crippen LogP contribution is 2.29. The average Bonchev–Trinajstić information content (AvgIpc) is 3.21. The van der Waals surface area contributed by atoms with Crippen LogP contribution < -0.4 is 5.32 Å². The van der Waals surface area contributed by atoms with E-state index in [1.54, 1.807) is 12.5 Å². The molecule has 0 saturated carbocycles. The van der Waals surface area contributed by atoms with Crippen molar-refractivity contribution >= 4 is 27.6 Å². The Morgan fingerprint density at radius 1 is 1.07 bits per heavy atom. The first-order valence-corrected chi connectivity index (χ1v) is 9.92. The van der Waals surface area contributed by atoms with Crippen LogP contribution in [0.4, 0.5) is 5.69 Å². The molecular weight excluding hydrogens is 346 g/mol. The monoisotopic (exact) mass is 370 g/mol. The Morgan fingerprint density at radius 2 is 1.89 bits per heavy atom. The lowest BCUT2D eigenvalue weighted by Crippen LogP contribution is -2.32. The smallest absolute Gasteiger partial charge is 0.0931 e. The van der Waals surface area contributed by atoms with Crippen molar-refractivity contribution in [2.24, 2.45) is 5.92 Å². The molecule has 28 heavy (non-hydrogen) atoms. The molecule has 0 bridgehead atoms. The van der Waals surface area contributed by atoms with Crippen LogP contribution in [-0.4, -0.2) is 46.5 Å². The van der Waals surface area contributed by atoms with Crippen molar-refractivity contribution in [2.45, 2.75) is 12.8 Å². The van der Waals surface area contributed by atoms with Crippen molar-refractivity contribution in [1.29, 1.82) is 0 Å². The van der Waals surface area contributed by atoms with Crippen LogP contribution in [0.15, 0.2) is 48.9 Å². The van der Waals surface area contributed by atoms with Gasteiger partial charge in [0.25, 0.3) is 0 Å². The predicted molar refractivity (Wildman–Crippen MR) is 114 cm³/mol. The van der Waals surface area contributed by atoms with E-state index in [0.717, 1.165) is 45.6 Å². The number of likely N-dealkylation sites (tertiary alicyclic amines) is 1. The molecule has 0 atom stereocenters. The number of imidazole rings is 1. The normalized spacial score (nSPS) is 16.0. The summed E-state index contributed by atoms with van der Waals surface area (Å²) >= 11 is 0. The number of hydrogen-bond donors (Lipinski definition) is 2. The molecule has 1 fully saturated rings. The molecule has 1 aliphatic heterocycles. The molecule has 1 radical (unpaired) electrons. The van der Waals surface area contributed by atoms with Crippen LogP contribution in [0.1, 0.15) is 12.8 Å². The lowest BCUT2D eigenvalue weighted by atomic mass is 9.97. The Balaban J connectivity index is 1.44. The quantitative estimate of drug-likeness (QED) is 0.561. The number of aromatic amines is 1. The maximum Gasteiger partial charge on any atom is 0.0931 e. The van der Waals surface area contributed by atoms with E-state index >= 15 is 0 Å². The molecule has 0 amide bonds. The molecular formula is C23H24N5. The molecule has 0 spiro atoms. The van der Waals surface area contributed by atoms with Gasteiger partial charge < -0.3 is 15.2 Å². The second-order valence-corrected chi connectivity index (χ2v) is 7.77. The molecule has 5 rings (SSSR count). The summed E-state index contributed by atoms with van der Waals surface area (Å²) in [6.45, 7) is 3.37. The maximum atomic E-state index is 4.50. The largest absolute Gasteiger partial charge is 0.384 e. The van der Waals surface area contributed by atoms with E-state index in [4.69, 9.17) is 0 Å². The Bertz CT molecular complexity index is 1110. The first-order valence-electron chi connectivity index (χ1n) is 9.92. The Labute approximate surface area is 164 Å².